The molecule has 0 spiro atoms. The van der Waals surface area contributed by atoms with Gasteiger partial charge in [-0.25, -0.2) is 0 Å². The molecule has 1 saturated heterocycles. The first-order valence-corrected chi connectivity index (χ1v) is 9.01. The summed E-state index contributed by atoms with van der Waals surface area (Å²) in [5.41, 5.74) is 2.19. The van der Waals surface area contributed by atoms with Gasteiger partial charge in [0.15, 0.2) is 11.5 Å². The highest BCUT2D eigenvalue weighted by Crippen LogP contribution is 2.47. The molecular formula is C17H20N4O5S. The van der Waals surface area contributed by atoms with Crippen LogP contribution in [0.15, 0.2) is 17.6 Å². The highest BCUT2D eigenvalue weighted by molar-refractivity contribution is 7.13. The topological polar surface area (TPSA) is 103 Å². The Hall–Kier alpha value is -2.88. The number of aromatic nitrogens is 2. The molecule has 0 radical (unpaired) electrons. The fourth-order valence-electron chi connectivity index (χ4n) is 3.31. The molecule has 2 amide bonds. The number of nitrogens with zero attached hydrogens (tertiary/aromatic N) is 3. The van der Waals surface area contributed by atoms with E-state index in [1.807, 2.05) is 0 Å². The standard InChI is InChI=1S/C17H20N4O5S/c1-21-12(22)7-10(16(23)19-17-20-18-8-27-17)13(21)9-5-6-11(24-2)15(26-4)14(9)25-3/h5-6,8,10,13H,7H2,1-4H3,(H,19,20,23). The third-order valence-electron chi connectivity index (χ3n) is 4.57. The molecule has 2 aromatic rings. The number of ether oxygens (including phenoxy) is 3. The number of anilines is 1. The van der Waals surface area contributed by atoms with Crippen LogP contribution in [0.2, 0.25) is 0 Å². The molecule has 0 aliphatic carbocycles. The zero-order valence-corrected chi connectivity index (χ0v) is 16.2. The van der Waals surface area contributed by atoms with Crippen LogP contribution >= 0.6 is 11.3 Å². The Bertz CT molecular complexity index is 842. The number of nitrogens with one attached hydrogen (secondary N) is 1. The van der Waals surface area contributed by atoms with E-state index in [0.29, 0.717) is 27.9 Å². The molecular weight excluding hydrogens is 372 g/mol. The van der Waals surface area contributed by atoms with Crippen molar-refractivity contribution in [1.82, 2.24) is 15.1 Å². The summed E-state index contributed by atoms with van der Waals surface area (Å²) in [4.78, 5) is 26.7. The molecule has 2 atom stereocenters. The van der Waals surface area contributed by atoms with Gasteiger partial charge in [0.1, 0.15) is 5.51 Å². The van der Waals surface area contributed by atoms with Gasteiger partial charge < -0.3 is 24.4 Å². The smallest absolute Gasteiger partial charge is 0.232 e. The summed E-state index contributed by atoms with van der Waals surface area (Å²) in [6, 6.07) is 3.00. The van der Waals surface area contributed by atoms with Crippen LogP contribution in [0.3, 0.4) is 0 Å². The molecule has 10 heteroatoms. The van der Waals surface area contributed by atoms with Gasteiger partial charge in [-0.1, -0.05) is 11.3 Å². The maximum atomic E-state index is 12.8. The summed E-state index contributed by atoms with van der Waals surface area (Å²) in [6.45, 7) is 0. The number of benzene rings is 1. The Morgan fingerprint density at radius 2 is 1.96 bits per heavy atom. The number of hydrogen-bond donors (Lipinski definition) is 1. The van der Waals surface area contributed by atoms with Crippen LogP contribution in [-0.4, -0.2) is 55.3 Å². The fraction of sp³-hybridized carbons (Fsp3) is 0.412. The second-order valence-electron chi connectivity index (χ2n) is 5.92. The van der Waals surface area contributed by atoms with E-state index in [1.165, 1.54) is 38.2 Å². The van der Waals surface area contributed by atoms with Gasteiger partial charge in [-0.15, -0.1) is 10.2 Å². The number of hydrogen-bond acceptors (Lipinski definition) is 8. The maximum Gasteiger partial charge on any atom is 0.232 e. The lowest BCUT2D eigenvalue weighted by Crippen LogP contribution is -2.30. The van der Waals surface area contributed by atoms with Crippen LogP contribution in [0.25, 0.3) is 0 Å². The van der Waals surface area contributed by atoms with E-state index in [4.69, 9.17) is 14.2 Å². The predicted octanol–water partition coefficient (Wildman–Crippen LogP) is 1.72. The lowest BCUT2D eigenvalue weighted by atomic mass is 9.92. The normalized spacial score (nSPS) is 19.1. The largest absolute Gasteiger partial charge is 0.493 e. The van der Waals surface area contributed by atoms with E-state index in [9.17, 15) is 9.59 Å². The van der Waals surface area contributed by atoms with Gasteiger partial charge in [0.25, 0.3) is 0 Å². The van der Waals surface area contributed by atoms with Crippen LogP contribution in [-0.2, 0) is 9.59 Å². The highest BCUT2D eigenvalue weighted by atomic mass is 32.1. The van der Waals surface area contributed by atoms with Gasteiger partial charge in [0.05, 0.1) is 33.3 Å². The molecule has 0 saturated carbocycles. The average molecular weight is 392 g/mol. The van der Waals surface area contributed by atoms with Crippen molar-refractivity contribution >= 4 is 28.3 Å². The van der Waals surface area contributed by atoms with Gasteiger partial charge >= 0.3 is 0 Å². The summed E-state index contributed by atoms with van der Waals surface area (Å²) in [6.07, 6.45) is 0.0866. The molecule has 3 rings (SSSR count). The van der Waals surface area contributed by atoms with E-state index in [0.717, 1.165) is 0 Å². The predicted molar refractivity (Wildman–Crippen MR) is 98.3 cm³/mol. The SMILES string of the molecule is COc1ccc(C2C(C(=O)Nc3nncs3)CC(=O)N2C)c(OC)c1OC. The van der Waals surface area contributed by atoms with Crippen molar-refractivity contribution in [2.24, 2.45) is 5.92 Å². The van der Waals surface area contributed by atoms with Gasteiger partial charge in [-0.3, -0.25) is 9.59 Å². The molecule has 2 unspecified atom stereocenters. The third-order valence-corrected chi connectivity index (χ3v) is 5.17. The zero-order chi connectivity index (χ0) is 19.6. The van der Waals surface area contributed by atoms with Crippen molar-refractivity contribution < 1.29 is 23.8 Å². The number of carbonyl (C=O) groups excluding carboxylic acids is 2. The second kappa shape index (κ2) is 7.78. The first-order valence-electron chi connectivity index (χ1n) is 8.13. The second-order valence-corrected chi connectivity index (χ2v) is 6.75. The molecule has 1 aromatic carbocycles. The van der Waals surface area contributed by atoms with Crippen LogP contribution in [0.5, 0.6) is 17.2 Å². The molecule has 1 aliphatic heterocycles. The minimum atomic E-state index is -0.613. The van der Waals surface area contributed by atoms with E-state index < -0.39 is 12.0 Å². The van der Waals surface area contributed by atoms with Gasteiger partial charge in [-0.2, -0.15) is 0 Å². The number of carbonyl (C=O) groups is 2. The van der Waals surface area contributed by atoms with Crippen molar-refractivity contribution in [3.8, 4) is 17.2 Å². The van der Waals surface area contributed by atoms with Crippen LogP contribution in [0, 0.1) is 5.92 Å². The molecule has 1 N–H and O–H groups in total. The van der Waals surface area contributed by atoms with E-state index in [2.05, 4.69) is 15.5 Å². The van der Waals surface area contributed by atoms with Crippen molar-refractivity contribution in [3.63, 3.8) is 0 Å². The Morgan fingerprint density at radius 1 is 1.22 bits per heavy atom. The van der Waals surface area contributed by atoms with Crippen molar-refractivity contribution in [1.29, 1.82) is 0 Å². The lowest BCUT2D eigenvalue weighted by molar-refractivity contribution is -0.128. The molecule has 1 fully saturated rings. The van der Waals surface area contributed by atoms with Gasteiger partial charge in [0, 0.05) is 19.0 Å². The Balaban J connectivity index is 2.01. The van der Waals surface area contributed by atoms with Crippen LogP contribution < -0.4 is 19.5 Å². The van der Waals surface area contributed by atoms with Crippen molar-refractivity contribution in [2.75, 3.05) is 33.7 Å². The van der Waals surface area contributed by atoms with Crippen molar-refractivity contribution in [3.05, 3.63) is 23.2 Å². The number of methoxy groups -OCH3 is 3. The molecule has 144 valence electrons. The quantitative estimate of drug-likeness (QED) is 0.798. The summed E-state index contributed by atoms with van der Waals surface area (Å²) < 4.78 is 16.3. The summed E-state index contributed by atoms with van der Waals surface area (Å²) >= 11 is 1.21. The number of likely N-dealkylation sites (tertiary alicyclic amines) is 1. The molecule has 1 aliphatic rings. The molecule has 9 nitrogen and oxygen atoms in total. The average Bonchev–Trinajstić information content (AvgIpc) is 3.28. The minimum Gasteiger partial charge on any atom is -0.493 e. The summed E-state index contributed by atoms with van der Waals surface area (Å²) in [5, 5.41) is 10.6. The Kier molecular flexibility index (Phi) is 5.45. The fourth-order valence-corrected chi connectivity index (χ4v) is 3.76. The highest BCUT2D eigenvalue weighted by Gasteiger charge is 2.44. The molecule has 2 heterocycles. The molecule has 0 bridgehead atoms. The Morgan fingerprint density at radius 3 is 2.56 bits per heavy atom. The first-order chi connectivity index (χ1) is 13.0. The number of amides is 2. The monoisotopic (exact) mass is 392 g/mol. The maximum absolute atomic E-state index is 12.8. The van der Waals surface area contributed by atoms with Gasteiger partial charge in [0.2, 0.25) is 22.7 Å². The van der Waals surface area contributed by atoms with E-state index >= 15 is 0 Å². The lowest BCUT2D eigenvalue weighted by Gasteiger charge is -2.27. The zero-order valence-electron chi connectivity index (χ0n) is 15.4. The number of rotatable bonds is 6. The minimum absolute atomic E-state index is 0.0866. The van der Waals surface area contributed by atoms with Crippen LogP contribution in [0.1, 0.15) is 18.0 Å². The van der Waals surface area contributed by atoms with E-state index in [-0.39, 0.29) is 18.2 Å². The van der Waals surface area contributed by atoms with Gasteiger partial charge in [-0.05, 0) is 12.1 Å². The van der Waals surface area contributed by atoms with Crippen molar-refractivity contribution in [2.45, 2.75) is 12.5 Å². The van der Waals surface area contributed by atoms with Crippen LogP contribution in [0.4, 0.5) is 5.13 Å². The summed E-state index contributed by atoms with van der Waals surface area (Å²) in [7, 11) is 6.21. The van der Waals surface area contributed by atoms with E-state index in [1.54, 1.807) is 24.1 Å². The first kappa shape index (κ1) is 18.9. The molecule has 1 aromatic heterocycles. The Labute approximate surface area is 160 Å². The molecule has 27 heavy (non-hydrogen) atoms. The third kappa shape index (κ3) is 3.39. The summed E-state index contributed by atoms with van der Waals surface area (Å²) in [5.74, 6) is 0.296.